The number of aliphatic hydroxyl groups is 1. The molecule has 3 aromatic rings. The van der Waals surface area contributed by atoms with Crippen LogP contribution in [0.2, 0.25) is 0 Å². The first-order valence-corrected chi connectivity index (χ1v) is 10.8. The molecule has 0 bridgehead atoms. The first-order valence-electron chi connectivity index (χ1n) is 8.94. The largest absolute Gasteiger partial charge is 0.387 e. The molecular weight excluding hydrogens is 358 g/mol. The van der Waals surface area contributed by atoms with Gasteiger partial charge in [0, 0.05) is 12.6 Å². The van der Waals surface area contributed by atoms with E-state index in [9.17, 15) is 5.11 Å². The topological polar surface area (TPSA) is 32.3 Å². The van der Waals surface area contributed by atoms with Crippen LogP contribution in [0.1, 0.15) is 42.2 Å². The molecule has 0 aliphatic heterocycles. The molecule has 3 rings (SSSR count). The second-order valence-corrected chi connectivity index (χ2v) is 7.94. The van der Waals surface area contributed by atoms with Crippen LogP contribution in [0, 0.1) is 0 Å². The Morgan fingerprint density at radius 3 is 2.15 bits per heavy atom. The van der Waals surface area contributed by atoms with Crippen LogP contribution in [0.15, 0.2) is 64.0 Å². The molecule has 2 N–H and O–H groups in total. The standard InChI is InChI=1S/C22H25NOS2/c1-3-17-4-6-18(7-5-17)22(24)16(2)23-11-8-21(19-9-12-25-14-19)20-10-13-26-15-20/h4-10,12-16,22-24H,3,11H2,1-2H3. The van der Waals surface area contributed by atoms with Crippen LogP contribution >= 0.6 is 22.7 Å². The second-order valence-electron chi connectivity index (χ2n) is 6.38. The number of aliphatic hydroxyl groups excluding tert-OH is 1. The molecule has 0 saturated heterocycles. The number of aryl methyl sites for hydroxylation is 1. The maximum atomic E-state index is 10.6. The van der Waals surface area contributed by atoms with Crippen molar-refractivity contribution in [1.82, 2.24) is 5.32 Å². The van der Waals surface area contributed by atoms with E-state index in [0.717, 1.165) is 12.0 Å². The van der Waals surface area contributed by atoms with Crippen molar-refractivity contribution in [1.29, 1.82) is 0 Å². The van der Waals surface area contributed by atoms with Gasteiger partial charge in [0.1, 0.15) is 0 Å². The summed E-state index contributed by atoms with van der Waals surface area (Å²) in [7, 11) is 0. The van der Waals surface area contributed by atoms with Gasteiger partial charge in [-0.3, -0.25) is 0 Å². The molecule has 2 unspecified atom stereocenters. The molecule has 0 radical (unpaired) electrons. The lowest BCUT2D eigenvalue weighted by Gasteiger charge is -2.20. The molecule has 26 heavy (non-hydrogen) atoms. The van der Waals surface area contributed by atoms with Crippen molar-refractivity contribution in [2.45, 2.75) is 32.4 Å². The van der Waals surface area contributed by atoms with Crippen molar-refractivity contribution < 1.29 is 5.11 Å². The van der Waals surface area contributed by atoms with Gasteiger partial charge in [-0.25, -0.2) is 0 Å². The molecule has 2 atom stereocenters. The van der Waals surface area contributed by atoms with E-state index in [1.165, 1.54) is 22.3 Å². The average molecular weight is 384 g/mol. The highest BCUT2D eigenvalue weighted by molar-refractivity contribution is 7.08. The Bertz CT molecular complexity index is 768. The Labute approximate surface area is 163 Å². The maximum Gasteiger partial charge on any atom is 0.0940 e. The van der Waals surface area contributed by atoms with Gasteiger partial charge in [0.15, 0.2) is 0 Å². The molecule has 0 spiro atoms. The van der Waals surface area contributed by atoms with Crippen molar-refractivity contribution >= 4 is 28.2 Å². The van der Waals surface area contributed by atoms with Gasteiger partial charge < -0.3 is 10.4 Å². The number of benzene rings is 1. The van der Waals surface area contributed by atoms with Crippen LogP contribution in [-0.4, -0.2) is 17.7 Å². The molecule has 2 nitrogen and oxygen atoms in total. The van der Waals surface area contributed by atoms with Crippen LogP contribution in [-0.2, 0) is 6.42 Å². The van der Waals surface area contributed by atoms with Gasteiger partial charge in [-0.15, -0.1) is 0 Å². The third-order valence-corrected chi connectivity index (χ3v) is 5.98. The van der Waals surface area contributed by atoms with Gasteiger partial charge in [-0.1, -0.05) is 37.3 Å². The quantitative estimate of drug-likeness (QED) is 0.537. The Hall–Kier alpha value is -1.72. The highest BCUT2D eigenvalue weighted by Crippen LogP contribution is 2.27. The summed E-state index contributed by atoms with van der Waals surface area (Å²) in [6.45, 7) is 4.88. The summed E-state index contributed by atoms with van der Waals surface area (Å²) in [5.41, 5.74) is 5.99. The third-order valence-electron chi connectivity index (χ3n) is 4.61. The number of nitrogens with one attached hydrogen (secondary N) is 1. The summed E-state index contributed by atoms with van der Waals surface area (Å²) in [6, 6.07) is 12.5. The molecule has 2 heterocycles. The lowest BCUT2D eigenvalue weighted by Crippen LogP contribution is -2.32. The number of rotatable bonds is 8. The Kier molecular flexibility index (Phi) is 6.80. The van der Waals surface area contributed by atoms with E-state index in [0.29, 0.717) is 6.54 Å². The van der Waals surface area contributed by atoms with E-state index in [1.807, 2.05) is 19.1 Å². The van der Waals surface area contributed by atoms with Crippen molar-refractivity contribution in [3.8, 4) is 0 Å². The van der Waals surface area contributed by atoms with Gasteiger partial charge in [-0.2, -0.15) is 22.7 Å². The molecule has 136 valence electrons. The fourth-order valence-corrected chi connectivity index (χ4v) is 4.25. The Morgan fingerprint density at radius 1 is 1.04 bits per heavy atom. The summed E-state index contributed by atoms with van der Waals surface area (Å²) in [6.07, 6.45) is 2.72. The number of hydrogen-bond acceptors (Lipinski definition) is 4. The van der Waals surface area contributed by atoms with E-state index in [2.05, 4.69) is 64.1 Å². The average Bonchev–Trinajstić information content (AvgIpc) is 3.38. The summed E-state index contributed by atoms with van der Waals surface area (Å²) >= 11 is 3.42. The van der Waals surface area contributed by atoms with Crippen LogP contribution in [0.4, 0.5) is 0 Å². The van der Waals surface area contributed by atoms with E-state index in [-0.39, 0.29) is 6.04 Å². The molecule has 2 aromatic heterocycles. The van der Waals surface area contributed by atoms with E-state index >= 15 is 0 Å². The molecule has 4 heteroatoms. The lowest BCUT2D eigenvalue weighted by atomic mass is 10.0. The minimum atomic E-state index is -0.514. The zero-order chi connectivity index (χ0) is 18.4. The fraction of sp³-hybridized carbons (Fsp3) is 0.273. The highest BCUT2D eigenvalue weighted by atomic mass is 32.1. The second kappa shape index (κ2) is 9.28. The van der Waals surface area contributed by atoms with Gasteiger partial charge in [-0.05, 0) is 74.8 Å². The molecule has 0 amide bonds. The molecule has 0 saturated carbocycles. The van der Waals surface area contributed by atoms with Gasteiger partial charge in [0.2, 0.25) is 0 Å². The maximum absolute atomic E-state index is 10.6. The molecule has 1 aromatic carbocycles. The Balaban J connectivity index is 1.65. The molecular formula is C22H25NOS2. The predicted molar refractivity (Wildman–Crippen MR) is 114 cm³/mol. The van der Waals surface area contributed by atoms with Gasteiger partial charge in [0.25, 0.3) is 0 Å². The van der Waals surface area contributed by atoms with E-state index in [4.69, 9.17) is 0 Å². The van der Waals surface area contributed by atoms with Crippen LogP contribution in [0.25, 0.3) is 5.57 Å². The predicted octanol–water partition coefficient (Wildman–Crippen LogP) is 5.52. The van der Waals surface area contributed by atoms with E-state index in [1.54, 1.807) is 22.7 Å². The number of hydrogen-bond donors (Lipinski definition) is 2. The van der Waals surface area contributed by atoms with Crippen LogP contribution < -0.4 is 5.32 Å². The monoisotopic (exact) mass is 383 g/mol. The first kappa shape index (κ1) is 19.1. The van der Waals surface area contributed by atoms with Crippen LogP contribution in [0.5, 0.6) is 0 Å². The van der Waals surface area contributed by atoms with Gasteiger partial charge in [0.05, 0.1) is 6.10 Å². The third kappa shape index (κ3) is 4.71. The molecule has 0 aliphatic rings. The number of thiophene rings is 2. The van der Waals surface area contributed by atoms with Crippen molar-refractivity contribution in [2.75, 3.05) is 6.54 Å². The van der Waals surface area contributed by atoms with Crippen molar-refractivity contribution in [3.05, 3.63) is 86.2 Å². The zero-order valence-corrected chi connectivity index (χ0v) is 16.8. The summed E-state index contributed by atoms with van der Waals surface area (Å²) in [5, 5.41) is 22.6. The normalized spacial score (nSPS) is 13.3. The summed E-state index contributed by atoms with van der Waals surface area (Å²) in [4.78, 5) is 0. The highest BCUT2D eigenvalue weighted by Gasteiger charge is 2.15. The summed E-state index contributed by atoms with van der Waals surface area (Å²) < 4.78 is 0. The van der Waals surface area contributed by atoms with Crippen molar-refractivity contribution in [2.24, 2.45) is 0 Å². The van der Waals surface area contributed by atoms with E-state index < -0.39 is 6.10 Å². The SMILES string of the molecule is CCc1ccc(C(O)C(C)NCC=C(c2ccsc2)c2ccsc2)cc1. The minimum Gasteiger partial charge on any atom is -0.387 e. The fourth-order valence-electron chi connectivity index (χ4n) is 2.94. The lowest BCUT2D eigenvalue weighted by molar-refractivity contribution is 0.138. The summed E-state index contributed by atoms with van der Waals surface area (Å²) in [5.74, 6) is 0. The zero-order valence-electron chi connectivity index (χ0n) is 15.2. The minimum absolute atomic E-state index is 0.0232. The first-order chi connectivity index (χ1) is 12.7. The molecule has 0 fully saturated rings. The van der Waals surface area contributed by atoms with Crippen LogP contribution in [0.3, 0.4) is 0 Å². The molecule has 0 aliphatic carbocycles. The van der Waals surface area contributed by atoms with Crippen molar-refractivity contribution in [3.63, 3.8) is 0 Å². The van der Waals surface area contributed by atoms with Gasteiger partial charge >= 0.3 is 0 Å². The smallest absolute Gasteiger partial charge is 0.0940 e. The Morgan fingerprint density at radius 2 is 1.65 bits per heavy atom.